The van der Waals surface area contributed by atoms with Gasteiger partial charge in [-0.1, -0.05) is 35.0 Å². The minimum Gasteiger partial charge on any atom is -0.326 e. The average molecular weight is 354 g/mol. The topological polar surface area (TPSA) is 32.5 Å². The molecule has 0 radical (unpaired) electrons. The summed E-state index contributed by atoms with van der Waals surface area (Å²) in [5, 5.41) is 0. The van der Waals surface area contributed by atoms with Crippen LogP contribution in [0.15, 0.2) is 28.7 Å². The van der Waals surface area contributed by atoms with Crippen LogP contribution >= 0.6 is 15.9 Å². The lowest BCUT2D eigenvalue weighted by molar-refractivity contribution is 0.00954. The number of nitrogens with two attached hydrogens (primary N) is 1. The molecular weight excluding hydrogens is 326 g/mol. The van der Waals surface area contributed by atoms with Gasteiger partial charge in [0.1, 0.15) is 0 Å². The first-order valence-electron chi connectivity index (χ1n) is 7.81. The summed E-state index contributed by atoms with van der Waals surface area (Å²) in [6.07, 6.45) is 0.994. The van der Waals surface area contributed by atoms with E-state index in [4.69, 9.17) is 5.73 Å². The molecule has 1 aromatic carbocycles. The molecule has 1 saturated heterocycles. The third-order valence-electron chi connectivity index (χ3n) is 4.83. The lowest BCUT2D eigenvalue weighted by Crippen LogP contribution is -2.59. The molecule has 1 heterocycles. The fraction of sp³-hybridized carbons (Fsp3) is 0.647. The zero-order valence-electron chi connectivity index (χ0n) is 13.6. The largest absolute Gasteiger partial charge is 0.326 e. The quantitative estimate of drug-likeness (QED) is 0.901. The number of hydrogen-bond acceptors (Lipinski definition) is 3. The van der Waals surface area contributed by atoms with Crippen molar-refractivity contribution in [2.45, 2.75) is 44.8 Å². The molecule has 2 atom stereocenters. The monoisotopic (exact) mass is 353 g/mol. The highest BCUT2D eigenvalue weighted by Gasteiger charge is 2.36. The maximum absolute atomic E-state index is 6.47. The van der Waals surface area contributed by atoms with Crippen LogP contribution in [0, 0.1) is 0 Å². The second-order valence-corrected chi connectivity index (χ2v) is 7.69. The Morgan fingerprint density at radius 2 is 1.86 bits per heavy atom. The first kappa shape index (κ1) is 16.9. The van der Waals surface area contributed by atoms with E-state index < -0.39 is 0 Å². The molecule has 1 aliphatic rings. The number of rotatable bonds is 4. The molecule has 0 aliphatic carbocycles. The van der Waals surface area contributed by atoms with Crippen LogP contribution in [-0.2, 0) is 0 Å². The van der Waals surface area contributed by atoms with Gasteiger partial charge < -0.3 is 5.73 Å². The van der Waals surface area contributed by atoms with Gasteiger partial charge in [-0.05, 0) is 45.0 Å². The fourth-order valence-electron chi connectivity index (χ4n) is 3.13. The first-order chi connectivity index (χ1) is 9.85. The third-order valence-corrected chi connectivity index (χ3v) is 5.36. The highest BCUT2D eigenvalue weighted by molar-refractivity contribution is 9.10. The van der Waals surface area contributed by atoms with Crippen LogP contribution < -0.4 is 5.73 Å². The van der Waals surface area contributed by atoms with Crippen molar-refractivity contribution in [3.63, 3.8) is 0 Å². The Bertz CT molecular complexity index is 458. The highest BCUT2D eigenvalue weighted by Crippen LogP contribution is 2.31. The normalized spacial score (nSPS) is 23.0. The van der Waals surface area contributed by atoms with Crippen LogP contribution in [0.5, 0.6) is 0 Å². The maximum atomic E-state index is 6.47. The molecule has 0 amide bonds. The number of benzene rings is 1. The number of piperazine rings is 1. The Morgan fingerprint density at radius 1 is 1.24 bits per heavy atom. The standard InChI is InChI=1S/C17H28BrN3/c1-5-15(19)16(13-6-8-14(18)9-7-13)21-11-10-20(4)17(2,3)12-21/h6-9,15-16H,5,10-12,19H2,1-4H3. The molecule has 118 valence electrons. The van der Waals surface area contributed by atoms with Gasteiger partial charge >= 0.3 is 0 Å². The number of halogens is 1. The lowest BCUT2D eigenvalue weighted by Gasteiger charge is -2.49. The summed E-state index contributed by atoms with van der Waals surface area (Å²) in [6.45, 7) is 10.0. The third kappa shape index (κ3) is 3.86. The van der Waals surface area contributed by atoms with Gasteiger partial charge in [0.15, 0.2) is 0 Å². The van der Waals surface area contributed by atoms with E-state index >= 15 is 0 Å². The van der Waals surface area contributed by atoms with Crippen molar-refractivity contribution in [1.82, 2.24) is 9.80 Å². The summed E-state index contributed by atoms with van der Waals surface area (Å²) < 4.78 is 1.12. The van der Waals surface area contributed by atoms with Crippen LogP contribution in [0.3, 0.4) is 0 Å². The summed E-state index contributed by atoms with van der Waals surface area (Å²) in [7, 11) is 2.21. The Balaban J connectivity index is 2.26. The van der Waals surface area contributed by atoms with Crippen LogP contribution in [0.1, 0.15) is 38.8 Å². The maximum Gasteiger partial charge on any atom is 0.0500 e. The van der Waals surface area contributed by atoms with Gasteiger partial charge in [-0.3, -0.25) is 9.80 Å². The van der Waals surface area contributed by atoms with Crippen LogP contribution in [0.25, 0.3) is 0 Å². The molecule has 0 aromatic heterocycles. The molecule has 1 aliphatic heterocycles. The molecule has 2 N–H and O–H groups in total. The second kappa shape index (κ2) is 6.78. The van der Waals surface area contributed by atoms with E-state index in [-0.39, 0.29) is 11.6 Å². The van der Waals surface area contributed by atoms with E-state index in [1.165, 1.54) is 5.56 Å². The smallest absolute Gasteiger partial charge is 0.0500 e. The zero-order valence-corrected chi connectivity index (χ0v) is 15.2. The summed E-state index contributed by atoms with van der Waals surface area (Å²) in [5.74, 6) is 0. The van der Waals surface area contributed by atoms with E-state index in [1.54, 1.807) is 0 Å². The van der Waals surface area contributed by atoms with Crippen molar-refractivity contribution < 1.29 is 0 Å². The van der Waals surface area contributed by atoms with Crippen molar-refractivity contribution in [2.75, 3.05) is 26.7 Å². The molecule has 1 aromatic rings. The molecule has 21 heavy (non-hydrogen) atoms. The van der Waals surface area contributed by atoms with Gasteiger partial charge in [-0.25, -0.2) is 0 Å². The number of nitrogens with zero attached hydrogens (tertiary/aromatic N) is 2. The first-order valence-corrected chi connectivity index (χ1v) is 8.61. The minimum atomic E-state index is 0.172. The van der Waals surface area contributed by atoms with Crippen molar-refractivity contribution in [1.29, 1.82) is 0 Å². The predicted octanol–water partition coefficient (Wildman–Crippen LogP) is 3.25. The lowest BCUT2D eigenvalue weighted by atomic mass is 9.92. The van der Waals surface area contributed by atoms with Crippen molar-refractivity contribution in [3.05, 3.63) is 34.3 Å². The van der Waals surface area contributed by atoms with Crippen LogP contribution in [0.2, 0.25) is 0 Å². The fourth-order valence-corrected chi connectivity index (χ4v) is 3.39. The predicted molar refractivity (Wildman–Crippen MR) is 93.4 cm³/mol. The highest BCUT2D eigenvalue weighted by atomic mass is 79.9. The van der Waals surface area contributed by atoms with E-state index in [2.05, 4.69) is 77.8 Å². The van der Waals surface area contributed by atoms with Crippen LogP contribution in [-0.4, -0.2) is 48.1 Å². The number of hydrogen-bond donors (Lipinski definition) is 1. The molecule has 1 fully saturated rings. The molecule has 2 unspecified atom stereocenters. The van der Waals surface area contributed by atoms with Gasteiger partial charge in [0.05, 0.1) is 0 Å². The van der Waals surface area contributed by atoms with E-state index in [1.807, 2.05) is 0 Å². The summed E-state index contributed by atoms with van der Waals surface area (Å²) in [6, 6.07) is 9.12. The Morgan fingerprint density at radius 3 is 2.38 bits per heavy atom. The van der Waals surface area contributed by atoms with E-state index in [9.17, 15) is 0 Å². The van der Waals surface area contributed by atoms with Gasteiger partial charge in [-0.2, -0.15) is 0 Å². The summed E-state index contributed by atoms with van der Waals surface area (Å²) in [5.41, 5.74) is 7.99. The van der Waals surface area contributed by atoms with Crippen molar-refractivity contribution in [3.8, 4) is 0 Å². The van der Waals surface area contributed by atoms with Gasteiger partial charge in [0.25, 0.3) is 0 Å². The van der Waals surface area contributed by atoms with E-state index in [0.29, 0.717) is 6.04 Å². The molecule has 0 bridgehead atoms. The second-order valence-electron chi connectivity index (χ2n) is 6.77. The SMILES string of the molecule is CCC(N)C(c1ccc(Br)cc1)N1CCN(C)C(C)(C)C1. The molecule has 2 rings (SSSR count). The summed E-state index contributed by atoms with van der Waals surface area (Å²) >= 11 is 3.52. The Labute approximate surface area is 137 Å². The van der Waals surface area contributed by atoms with Gasteiger partial charge in [0.2, 0.25) is 0 Å². The molecule has 4 heteroatoms. The molecule has 0 saturated carbocycles. The molecule has 0 spiro atoms. The Hall–Kier alpha value is -0.420. The van der Waals surface area contributed by atoms with Crippen LogP contribution in [0.4, 0.5) is 0 Å². The molecular formula is C17H28BrN3. The minimum absolute atomic E-state index is 0.172. The number of likely N-dealkylation sites (N-methyl/N-ethyl adjacent to an activating group) is 1. The summed E-state index contributed by atoms with van der Waals surface area (Å²) in [4.78, 5) is 5.01. The van der Waals surface area contributed by atoms with Gasteiger partial charge in [-0.15, -0.1) is 0 Å². The van der Waals surface area contributed by atoms with E-state index in [0.717, 1.165) is 30.5 Å². The average Bonchev–Trinajstić information content (AvgIpc) is 2.44. The van der Waals surface area contributed by atoms with Crippen molar-refractivity contribution >= 4 is 15.9 Å². The van der Waals surface area contributed by atoms with Crippen molar-refractivity contribution in [2.24, 2.45) is 5.73 Å². The zero-order chi connectivity index (χ0) is 15.6. The molecule has 3 nitrogen and oxygen atoms in total. The van der Waals surface area contributed by atoms with Gasteiger partial charge in [0, 0.05) is 41.7 Å². The Kier molecular flexibility index (Phi) is 5.47.